The molecular formula is C16H17BrFNO. The van der Waals surface area contributed by atoms with Gasteiger partial charge in [-0.05, 0) is 60.0 Å². The number of ether oxygens (including phenoxy) is 1. The molecule has 1 unspecified atom stereocenters. The Morgan fingerprint density at radius 1 is 1.25 bits per heavy atom. The molecule has 20 heavy (non-hydrogen) atoms. The van der Waals surface area contributed by atoms with Crippen LogP contribution >= 0.6 is 15.9 Å². The Kier molecular flexibility index (Phi) is 4.78. The summed E-state index contributed by atoms with van der Waals surface area (Å²) in [6.45, 7) is 3.97. The fraction of sp³-hybridized carbons (Fsp3) is 0.250. The van der Waals surface area contributed by atoms with Crippen LogP contribution in [0.3, 0.4) is 0 Å². The van der Waals surface area contributed by atoms with Crippen LogP contribution in [-0.2, 0) is 6.42 Å². The molecule has 0 heterocycles. The number of aryl methyl sites for hydroxylation is 1. The zero-order valence-electron chi connectivity index (χ0n) is 11.5. The van der Waals surface area contributed by atoms with E-state index in [9.17, 15) is 4.39 Å². The highest BCUT2D eigenvalue weighted by Crippen LogP contribution is 2.29. The maximum atomic E-state index is 13.5. The number of rotatable bonds is 4. The summed E-state index contributed by atoms with van der Waals surface area (Å²) < 4.78 is 19.7. The Bertz CT molecular complexity index is 613. The summed E-state index contributed by atoms with van der Waals surface area (Å²) in [7, 11) is 0. The van der Waals surface area contributed by atoms with E-state index in [1.54, 1.807) is 12.1 Å². The lowest BCUT2D eigenvalue weighted by Crippen LogP contribution is -2.18. The van der Waals surface area contributed by atoms with E-state index in [1.807, 2.05) is 32.0 Å². The number of hydrogen-bond donors (Lipinski definition) is 1. The second kappa shape index (κ2) is 6.37. The van der Waals surface area contributed by atoms with E-state index in [2.05, 4.69) is 15.9 Å². The molecule has 0 radical (unpaired) electrons. The second-order valence-electron chi connectivity index (χ2n) is 4.97. The molecule has 0 aliphatic rings. The van der Waals surface area contributed by atoms with Gasteiger partial charge in [-0.15, -0.1) is 0 Å². The molecule has 4 heteroatoms. The van der Waals surface area contributed by atoms with Crippen molar-refractivity contribution in [3.63, 3.8) is 0 Å². The van der Waals surface area contributed by atoms with E-state index >= 15 is 0 Å². The highest BCUT2D eigenvalue weighted by Gasteiger charge is 2.09. The summed E-state index contributed by atoms with van der Waals surface area (Å²) >= 11 is 3.12. The van der Waals surface area contributed by atoms with Crippen LogP contribution in [0.15, 0.2) is 40.9 Å². The Morgan fingerprint density at radius 3 is 2.65 bits per heavy atom. The highest BCUT2D eigenvalue weighted by molar-refractivity contribution is 9.10. The quantitative estimate of drug-likeness (QED) is 0.886. The van der Waals surface area contributed by atoms with Crippen LogP contribution in [0, 0.1) is 12.7 Å². The van der Waals surface area contributed by atoms with Crippen LogP contribution in [-0.4, -0.2) is 6.04 Å². The van der Waals surface area contributed by atoms with Crippen LogP contribution in [0.25, 0.3) is 0 Å². The van der Waals surface area contributed by atoms with Crippen LogP contribution in [0.4, 0.5) is 4.39 Å². The molecule has 0 aliphatic carbocycles. The summed E-state index contributed by atoms with van der Waals surface area (Å²) in [6, 6.07) is 10.7. The van der Waals surface area contributed by atoms with E-state index in [0.29, 0.717) is 10.2 Å². The molecule has 1 atom stereocenters. The third-order valence-electron chi connectivity index (χ3n) is 2.88. The van der Waals surface area contributed by atoms with Gasteiger partial charge < -0.3 is 10.5 Å². The lowest BCUT2D eigenvalue weighted by Gasteiger charge is -2.14. The lowest BCUT2D eigenvalue weighted by atomic mass is 10.0. The van der Waals surface area contributed by atoms with Crippen molar-refractivity contribution in [1.82, 2.24) is 0 Å². The van der Waals surface area contributed by atoms with Gasteiger partial charge in [0, 0.05) is 12.1 Å². The Morgan fingerprint density at radius 2 is 2.00 bits per heavy atom. The predicted octanol–water partition coefficient (Wildman–Crippen LogP) is 4.58. The Labute approximate surface area is 126 Å². The van der Waals surface area contributed by atoms with E-state index in [0.717, 1.165) is 23.3 Å². The van der Waals surface area contributed by atoms with Crippen molar-refractivity contribution in [2.24, 2.45) is 5.73 Å². The maximum absolute atomic E-state index is 13.5. The number of nitrogens with two attached hydrogens (primary N) is 1. The summed E-state index contributed by atoms with van der Waals surface area (Å²) in [6.07, 6.45) is 0.718. The van der Waals surface area contributed by atoms with Crippen LogP contribution in [0.1, 0.15) is 18.1 Å². The van der Waals surface area contributed by atoms with Gasteiger partial charge in [-0.2, -0.15) is 0 Å². The van der Waals surface area contributed by atoms with E-state index in [-0.39, 0.29) is 11.9 Å². The first kappa shape index (κ1) is 15.0. The third kappa shape index (κ3) is 3.81. The molecule has 0 aliphatic heterocycles. The molecule has 0 saturated heterocycles. The minimum Gasteiger partial charge on any atom is -0.457 e. The fourth-order valence-electron chi connectivity index (χ4n) is 1.98. The molecule has 2 aromatic carbocycles. The molecule has 2 aromatic rings. The van der Waals surface area contributed by atoms with Gasteiger partial charge in [0.1, 0.15) is 17.3 Å². The smallest absolute Gasteiger partial charge is 0.141 e. The van der Waals surface area contributed by atoms with Crippen LogP contribution in [0.2, 0.25) is 0 Å². The average molecular weight is 338 g/mol. The minimum absolute atomic E-state index is 0.0424. The lowest BCUT2D eigenvalue weighted by molar-refractivity contribution is 0.468. The van der Waals surface area contributed by atoms with Crippen molar-refractivity contribution in [3.05, 3.63) is 57.8 Å². The molecule has 0 spiro atoms. The number of benzene rings is 2. The van der Waals surface area contributed by atoms with Crippen LogP contribution in [0.5, 0.6) is 11.5 Å². The van der Waals surface area contributed by atoms with Gasteiger partial charge in [-0.25, -0.2) is 4.39 Å². The van der Waals surface area contributed by atoms with E-state index in [4.69, 9.17) is 10.5 Å². The summed E-state index contributed by atoms with van der Waals surface area (Å²) in [5, 5.41) is 0. The van der Waals surface area contributed by atoms with Crippen molar-refractivity contribution in [2.75, 3.05) is 0 Å². The summed E-state index contributed by atoms with van der Waals surface area (Å²) in [4.78, 5) is 0. The van der Waals surface area contributed by atoms with Crippen LogP contribution < -0.4 is 10.5 Å². The van der Waals surface area contributed by atoms with Crippen molar-refractivity contribution in [2.45, 2.75) is 26.3 Å². The van der Waals surface area contributed by atoms with Gasteiger partial charge in [0.05, 0.1) is 4.47 Å². The molecule has 106 valence electrons. The van der Waals surface area contributed by atoms with Gasteiger partial charge >= 0.3 is 0 Å². The molecule has 0 amide bonds. The zero-order valence-corrected chi connectivity index (χ0v) is 13.1. The maximum Gasteiger partial charge on any atom is 0.141 e. The second-order valence-corrected chi connectivity index (χ2v) is 5.82. The summed E-state index contributed by atoms with van der Waals surface area (Å²) in [5.41, 5.74) is 8.04. The SMILES string of the molecule is Cc1ccc(Oc2ccc(Br)c(F)c2)c(CC(C)N)c1. The fourth-order valence-corrected chi connectivity index (χ4v) is 2.23. The standard InChI is InChI=1S/C16H17BrFNO/c1-10-3-6-16(12(7-10)8-11(2)19)20-13-4-5-14(17)15(18)9-13/h3-7,9,11H,8,19H2,1-2H3. The highest BCUT2D eigenvalue weighted by atomic mass is 79.9. The molecule has 2 N–H and O–H groups in total. The van der Waals surface area contributed by atoms with Crippen molar-refractivity contribution >= 4 is 15.9 Å². The average Bonchev–Trinajstić information content (AvgIpc) is 2.36. The number of halogens is 2. The first-order valence-corrected chi connectivity index (χ1v) is 7.23. The molecule has 2 nitrogen and oxygen atoms in total. The van der Waals surface area contributed by atoms with Gasteiger partial charge in [0.2, 0.25) is 0 Å². The Hall–Kier alpha value is -1.39. The monoisotopic (exact) mass is 337 g/mol. The molecule has 2 rings (SSSR count). The zero-order chi connectivity index (χ0) is 14.7. The molecule has 0 saturated carbocycles. The summed E-state index contributed by atoms with van der Waals surface area (Å²) in [5.74, 6) is 0.846. The van der Waals surface area contributed by atoms with Gasteiger partial charge in [-0.3, -0.25) is 0 Å². The normalized spacial score (nSPS) is 12.2. The van der Waals surface area contributed by atoms with Crippen molar-refractivity contribution < 1.29 is 9.13 Å². The molecule has 0 fully saturated rings. The van der Waals surface area contributed by atoms with Gasteiger partial charge in [0.15, 0.2) is 0 Å². The molecular weight excluding hydrogens is 321 g/mol. The first-order valence-electron chi connectivity index (χ1n) is 6.43. The minimum atomic E-state index is -0.344. The van der Waals surface area contributed by atoms with Gasteiger partial charge in [0.25, 0.3) is 0 Å². The van der Waals surface area contributed by atoms with Crippen molar-refractivity contribution in [3.8, 4) is 11.5 Å². The van der Waals surface area contributed by atoms with E-state index in [1.165, 1.54) is 6.07 Å². The largest absolute Gasteiger partial charge is 0.457 e. The predicted molar refractivity (Wildman–Crippen MR) is 82.7 cm³/mol. The third-order valence-corrected chi connectivity index (χ3v) is 3.52. The van der Waals surface area contributed by atoms with Gasteiger partial charge in [-0.1, -0.05) is 17.7 Å². The number of hydrogen-bond acceptors (Lipinski definition) is 2. The van der Waals surface area contributed by atoms with E-state index < -0.39 is 0 Å². The molecule has 0 bridgehead atoms. The van der Waals surface area contributed by atoms with Crippen molar-refractivity contribution in [1.29, 1.82) is 0 Å². The topological polar surface area (TPSA) is 35.2 Å². The molecule has 0 aromatic heterocycles. The first-order chi connectivity index (χ1) is 9.45. The Balaban J connectivity index is 2.30.